The average molecular weight is 334 g/mol. The summed E-state index contributed by atoms with van der Waals surface area (Å²) in [5, 5.41) is 5.14. The van der Waals surface area contributed by atoms with E-state index in [0.717, 1.165) is 26.4 Å². The van der Waals surface area contributed by atoms with Gasteiger partial charge >= 0.3 is 0 Å². The Balaban J connectivity index is 2.16. The van der Waals surface area contributed by atoms with Crippen molar-refractivity contribution in [1.29, 1.82) is 0 Å². The molecule has 0 spiro atoms. The molecule has 94 valence electrons. The van der Waals surface area contributed by atoms with E-state index in [1.807, 2.05) is 47.1 Å². The topological polar surface area (TPSA) is 17.8 Å². The van der Waals surface area contributed by atoms with Crippen LogP contribution in [0.25, 0.3) is 16.9 Å². The lowest BCUT2D eigenvalue weighted by molar-refractivity contribution is 0.888. The second kappa shape index (κ2) is 5.19. The Morgan fingerprint density at radius 1 is 0.947 bits per heavy atom. The summed E-state index contributed by atoms with van der Waals surface area (Å²) in [4.78, 5) is 0. The van der Waals surface area contributed by atoms with Crippen LogP contribution in [0.2, 0.25) is 5.02 Å². The monoisotopic (exact) mass is 332 g/mol. The summed E-state index contributed by atoms with van der Waals surface area (Å²) in [5.41, 5.74) is 3.12. The number of halogens is 2. The molecule has 0 radical (unpaired) electrons. The molecule has 0 fully saturated rings. The van der Waals surface area contributed by atoms with Crippen molar-refractivity contribution in [2.24, 2.45) is 0 Å². The first-order chi connectivity index (χ1) is 9.25. The van der Waals surface area contributed by atoms with Crippen LogP contribution in [0.1, 0.15) is 0 Å². The van der Waals surface area contributed by atoms with E-state index >= 15 is 0 Å². The Bertz CT molecular complexity index is 690. The highest BCUT2D eigenvalue weighted by molar-refractivity contribution is 9.10. The maximum atomic E-state index is 5.92. The van der Waals surface area contributed by atoms with Crippen molar-refractivity contribution in [2.75, 3.05) is 0 Å². The molecule has 4 heteroatoms. The predicted molar refractivity (Wildman–Crippen MR) is 81.7 cm³/mol. The normalized spacial score (nSPS) is 10.6. The van der Waals surface area contributed by atoms with Gasteiger partial charge in [0.15, 0.2) is 0 Å². The van der Waals surface area contributed by atoms with E-state index in [1.54, 1.807) is 6.20 Å². The van der Waals surface area contributed by atoms with E-state index in [0.29, 0.717) is 0 Å². The molecule has 0 saturated carbocycles. The number of rotatable bonds is 2. The van der Waals surface area contributed by atoms with Crippen molar-refractivity contribution in [3.63, 3.8) is 0 Å². The van der Waals surface area contributed by atoms with Gasteiger partial charge in [-0.3, -0.25) is 0 Å². The summed E-state index contributed by atoms with van der Waals surface area (Å²) in [6.07, 6.45) is 1.80. The molecule has 1 heterocycles. The summed E-state index contributed by atoms with van der Waals surface area (Å²) in [7, 11) is 0. The molecule has 1 aromatic heterocycles. The number of hydrogen-bond acceptors (Lipinski definition) is 1. The van der Waals surface area contributed by atoms with Gasteiger partial charge in [0.1, 0.15) is 0 Å². The zero-order chi connectivity index (χ0) is 13.2. The second-order valence-electron chi connectivity index (χ2n) is 4.10. The van der Waals surface area contributed by atoms with Gasteiger partial charge in [-0.1, -0.05) is 41.9 Å². The Morgan fingerprint density at radius 2 is 1.63 bits per heavy atom. The zero-order valence-electron chi connectivity index (χ0n) is 9.92. The van der Waals surface area contributed by atoms with Gasteiger partial charge in [-0.15, -0.1) is 0 Å². The summed E-state index contributed by atoms with van der Waals surface area (Å²) in [6, 6.07) is 17.8. The molecule has 0 aliphatic heterocycles. The molecule has 0 amide bonds. The van der Waals surface area contributed by atoms with Crippen molar-refractivity contribution >= 4 is 27.5 Å². The van der Waals surface area contributed by atoms with Crippen LogP contribution in [0.3, 0.4) is 0 Å². The Labute approximate surface area is 124 Å². The van der Waals surface area contributed by atoms with Crippen molar-refractivity contribution in [3.8, 4) is 16.9 Å². The second-order valence-corrected chi connectivity index (χ2v) is 5.39. The van der Waals surface area contributed by atoms with Crippen molar-refractivity contribution < 1.29 is 0 Å². The number of hydrogen-bond donors (Lipinski definition) is 0. The van der Waals surface area contributed by atoms with Gasteiger partial charge in [0.05, 0.1) is 22.1 Å². The fourth-order valence-corrected chi connectivity index (χ4v) is 2.58. The smallest absolute Gasteiger partial charge is 0.0883 e. The number of nitrogens with zero attached hydrogens (tertiary/aromatic N) is 2. The maximum absolute atomic E-state index is 5.92. The van der Waals surface area contributed by atoms with Crippen molar-refractivity contribution in [2.45, 2.75) is 0 Å². The zero-order valence-corrected chi connectivity index (χ0v) is 12.3. The standard InChI is InChI=1S/C15H10BrClN2/c16-14-10-18-19(13-8-6-12(17)7-9-13)15(14)11-4-2-1-3-5-11/h1-10H. The molecule has 2 aromatic carbocycles. The lowest BCUT2D eigenvalue weighted by atomic mass is 10.1. The lowest BCUT2D eigenvalue weighted by Gasteiger charge is -2.08. The van der Waals surface area contributed by atoms with Crippen molar-refractivity contribution in [3.05, 3.63) is 70.3 Å². The van der Waals surface area contributed by atoms with Crippen LogP contribution in [0.5, 0.6) is 0 Å². The van der Waals surface area contributed by atoms with E-state index in [4.69, 9.17) is 11.6 Å². The molecule has 0 aliphatic rings. The van der Waals surface area contributed by atoms with Crippen LogP contribution in [-0.2, 0) is 0 Å². The number of benzene rings is 2. The van der Waals surface area contributed by atoms with Crippen LogP contribution < -0.4 is 0 Å². The molecule has 0 unspecified atom stereocenters. The van der Waals surface area contributed by atoms with E-state index in [9.17, 15) is 0 Å². The quantitative estimate of drug-likeness (QED) is 0.648. The summed E-state index contributed by atoms with van der Waals surface area (Å²) in [5.74, 6) is 0. The van der Waals surface area contributed by atoms with E-state index in [1.165, 1.54) is 0 Å². The van der Waals surface area contributed by atoms with Crippen molar-refractivity contribution in [1.82, 2.24) is 9.78 Å². The third-order valence-corrected chi connectivity index (χ3v) is 3.68. The molecule has 3 aromatic rings. The molecule has 3 rings (SSSR count). The fourth-order valence-electron chi connectivity index (χ4n) is 1.96. The molecule has 0 saturated heterocycles. The third-order valence-electron chi connectivity index (χ3n) is 2.84. The highest BCUT2D eigenvalue weighted by Crippen LogP contribution is 2.30. The van der Waals surface area contributed by atoms with E-state index in [-0.39, 0.29) is 0 Å². The fraction of sp³-hybridized carbons (Fsp3) is 0. The lowest BCUT2D eigenvalue weighted by Crippen LogP contribution is -1.98. The third kappa shape index (κ3) is 2.44. The van der Waals surface area contributed by atoms with Gasteiger partial charge in [0.2, 0.25) is 0 Å². The summed E-state index contributed by atoms with van der Waals surface area (Å²) in [6.45, 7) is 0. The van der Waals surface area contributed by atoms with Gasteiger partial charge in [0, 0.05) is 10.6 Å². The predicted octanol–water partition coefficient (Wildman–Crippen LogP) is 4.96. The van der Waals surface area contributed by atoms with Crippen LogP contribution in [0.4, 0.5) is 0 Å². The molecule has 2 nitrogen and oxygen atoms in total. The first-order valence-corrected chi connectivity index (χ1v) is 6.98. The van der Waals surface area contributed by atoms with E-state index in [2.05, 4.69) is 33.2 Å². The highest BCUT2D eigenvalue weighted by atomic mass is 79.9. The Hall–Kier alpha value is -1.58. The molecule has 0 aliphatic carbocycles. The van der Waals surface area contributed by atoms with Crippen LogP contribution >= 0.6 is 27.5 Å². The van der Waals surface area contributed by atoms with Crippen LogP contribution in [0.15, 0.2) is 65.3 Å². The van der Waals surface area contributed by atoms with E-state index < -0.39 is 0 Å². The Morgan fingerprint density at radius 3 is 2.32 bits per heavy atom. The summed E-state index contributed by atoms with van der Waals surface area (Å²) < 4.78 is 2.86. The maximum Gasteiger partial charge on any atom is 0.0883 e. The van der Waals surface area contributed by atoms with Gasteiger partial charge in [0.25, 0.3) is 0 Å². The van der Waals surface area contributed by atoms with Crippen LogP contribution in [-0.4, -0.2) is 9.78 Å². The van der Waals surface area contributed by atoms with Gasteiger partial charge in [-0.05, 0) is 40.2 Å². The number of aromatic nitrogens is 2. The summed E-state index contributed by atoms with van der Waals surface area (Å²) >= 11 is 9.48. The highest BCUT2D eigenvalue weighted by Gasteiger charge is 2.12. The van der Waals surface area contributed by atoms with Gasteiger partial charge in [-0.25, -0.2) is 4.68 Å². The molecule has 0 bridgehead atoms. The van der Waals surface area contributed by atoms with Gasteiger partial charge in [-0.2, -0.15) is 5.10 Å². The van der Waals surface area contributed by atoms with Gasteiger partial charge < -0.3 is 0 Å². The minimum Gasteiger partial charge on any atom is -0.232 e. The molecular weight excluding hydrogens is 324 g/mol. The minimum atomic E-state index is 0.719. The largest absolute Gasteiger partial charge is 0.232 e. The first-order valence-electron chi connectivity index (χ1n) is 5.80. The minimum absolute atomic E-state index is 0.719. The Kier molecular flexibility index (Phi) is 3.40. The average Bonchev–Trinajstić information content (AvgIpc) is 2.82. The first kappa shape index (κ1) is 12.5. The molecule has 19 heavy (non-hydrogen) atoms. The molecular formula is C15H10BrClN2. The van der Waals surface area contributed by atoms with Crippen LogP contribution in [0, 0.1) is 0 Å². The molecule has 0 N–H and O–H groups in total. The SMILES string of the molecule is Clc1ccc(-n2ncc(Br)c2-c2ccccc2)cc1. The molecule has 0 atom stereocenters.